The predicted molar refractivity (Wildman–Crippen MR) is 65.0 cm³/mol. The Hall–Kier alpha value is -1.27. The Morgan fingerprint density at radius 2 is 2.33 bits per heavy atom. The van der Waals surface area contributed by atoms with Crippen molar-refractivity contribution in [3.63, 3.8) is 0 Å². The molecule has 0 amide bonds. The van der Waals surface area contributed by atoms with Gasteiger partial charge in [0.2, 0.25) is 5.95 Å². The summed E-state index contributed by atoms with van der Waals surface area (Å²) < 4.78 is 0. The van der Waals surface area contributed by atoms with Gasteiger partial charge in [-0.3, -0.25) is 0 Å². The lowest BCUT2D eigenvalue weighted by Crippen LogP contribution is -2.22. The summed E-state index contributed by atoms with van der Waals surface area (Å²) in [5.74, 6) is 0.558. The van der Waals surface area contributed by atoms with E-state index in [0.717, 1.165) is 13.1 Å². The van der Waals surface area contributed by atoms with E-state index >= 15 is 0 Å². The molecule has 1 rings (SSSR count). The van der Waals surface area contributed by atoms with Gasteiger partial charge in [0.15, 0.2) is 0 Å². The van der Waals surface area contributed by atoms with Crippen molar-refractivity contribution in [3.05, 3.63) is 18.0 Å². The topological polar surface area (TPSA) is 67.1 Å². The highest BCUT2D eigenvalue weighted by Crippen LogP contribution is 1.99. The molecule has 82 valence electrons. The molecule has 0 aliphatic carbocycles. The third-order valence-electron chi connectivity index (χ3n) is 1.75. The molecule has 0 saturated carbocycles. The molecule has 0 bridgehead atoms. The van der Waals surface area contributed by atoms with Crippen molar-refractivity contribution in [2.45, 2.75) is 0 Å². The number of nitrogens with zero attached hydrogens (tertiary/aromatic N) is 3. The van der Waals surface area contributed by atoms with Gasteiger partial charge in [-0.1, -0.05) is 12.2 Å². The van der Waals surface area contributed by atoms with E-state index in [-0.39, 0.29) is 4.99 Å². The molecule has 5 nitrogen and oxygen atoms in total. The molecule has 0 unspecified atom stereocenters. The van der Waals surface area contributed by atoms with E-state index in [1.165, 1.54) is 0 Å². The largest absolute Gasteiger partial charge is 0.388 e. The first kappa shape index (κ1) is 11.8. The average Bonchev–Trinajstić information content (AvgIpc) is 2.17. The first-order chi connectivity index (χ1) is 7.09. The summed E-state index contributed by atoms with van der Waals surface area (Å²) in [5, 5.41) is 3.09. The standard InChI is InChI=1S/C9H15N5S/c1-14(2)6-5-12-9-11-4-3-7(13-9)8(10)15/h3-4H,5-6H2,1-2H3,(H2,10,15)(H,11,12,13). The smallest absolute Gasteiger partial charge is 0.223 e. The van der Waals surface area contributed by atoms with Crippen LogP contribution < -0.4 is 11.1 Å². The number of aromatic nitrogens is 2. The summed E-state index contributed by atoms with van der Waals surface area (Å²) in [6.45, 7) is 1.70. The number of nitrogens with two attached hydrogens (primary N) is 1. The Morgan fingerprint density at radius 1 is 1.60 bits per heavy atom. The predicted octanol–water partition coefficient (Wildman–Crippen LogP) is 0.0843. The van der Waals surface area contributed by atoms with E-state index in [1.54, 1.807) is 12.3 Å². The molecule has 0 atom stereocenters. The number of thiocarbonyl (C=S) groups is 1. The Bertz CT molecular complexity index is 339. The van der Waals surface area contributed by atoms with Gasteiger partial charge in [0.1, 0.15) is 10.7 Å². The third kappa shape index (κ3) is 4.18. The Labute approximate surface area is 94.7 Å². The number of likely N-dealkylation sites (N-methyl/N-ethyl adjacent to an activating group) is 1. The van der Waals surface area contributed by atoms with Crippen molar-refractivity contribution in [1.29, 1.82) is 0 Å². The van der Waals surface area contributed by atoms with Crippen LogP contribution in [0.1, 0.15) is 5.69 Å². The van der Waals surface area contributed by atoms with Crippen molar-refractivity contribution in [1.82, 2.24) is 14.9 Å². The maximum absolute atomic E-state index is 5.46. The second-order valence-corrected chi connectivity index (χ2v) is 3.80. The van der Waals surface area contributed by atoms with E-state index < -0.39 is 0 Å². The minimum Gasteiger partial charge on any atom is -0.388 e. The number of rotatable bonds is 5. The zero-order valence-electron chi connectivity index (χ0n) is 8.90. The number of anilines is 1. The normalized spacial score (nSPS) is 10.3. The van der Waals surface area contributed by atoms with Crippen LogP contribution in [0.4, 0.5) is 5.95 Å². The van der Waals surface area contributed by atoms with E-state index in [9.17, 15) is 0 Å². The summed E-state index contributed by atoms with van der Waals surface area (Å²) >= 11 is 4.83. The second kappa shape index (κ2) is 5.57. The molecule has 6 heteroatoms. The highest BCUT2D eigenvalue weighted by Gasteiger charge is 2.00. The molecular formula is C9H15N5S. The summed E-state index contributed by atoms with van der Waals surface area (Å²) in [6, 6.07) is 1.69. The molecule has 0 spiro atoms. The van der Waals surface area contributed by atoms with Crippen LogP contribution in [-0.4, -0.2) is 47.0 Å². The van der Waals surface area contributed by atoms with Crippen LogP contribution in [0.15, 0.2) is 12.3 Å². The SMILES string of the molecule is CN(C)CCNc1nccc(C(N)=S)n1. The van der Waals surface area contributed by atoms with E-state index in [0.29, 0.717) is 11.6 Å². The van der Waals surface area contributed by atoms with Gasteiger partial charge in [0, 0.05) is 19.3 Å². The Morgan fingerprint density at radius 3 is 2.93 bits per heavy atom. The molecule has 0 aromatic carbocycles. The lowest BCUT2D eigenvalue weighted by atomic mass is 10.4. The third-order valence-corrected chi connectivity index (χ3v) is 1.96. The minimum absolute atomic E-state index is 0.285. The Balaban J connectivity index is 2.54. The van der Waals surface area contributed by atoms with E-state index in [1.807, 2.05) is 14.1 Å². The van der Waals surface area contributed by atoms with Gasteiger partial charge in [0.25, 0.3) is 0 Å². The molecule has 3 N–H and O–H groups in total. The summed E-state index contributed by atoms with van der Waals surface area (Å²) in [6.07, 6.45) is 1.64. The van der Waals surface area contributed by atoms with Gasteiger partial charge in [-0.25, -0.2) is 9.97 Å². The summed E-state index contributed by atoms with van der Waals surface area (Å²) in [4.78, 5) is 10.6. The molecule has 1 aromatic heterocycles. The van der Waals surface area contributed by atoms with Crippen LogP contribution >= 0.6 is 12.2 Å². The first-order valence-corrected chi connectivity index (χ1v) is 5.02. The number of nitrogens with one attached hydrogen (secondary N) is 1. The van der Waals surface area contributed by atoms with Crippen LogP contribution in [0.2, 0.25) is 0 Å². The van der Waals surface area contributed by atoms with Gasteiger partial charge in [-0.2, -0.15) is 0 Å². The van der Waals surface area contributed by atoms with Crippen molar-refractivity contribution < 1.29 is 0 Å². The van der Waals surface area contributed by atoms with Crippen LogP contribution in [0, 0.1) is 0 Å². The van der Waals surface area contributed by atoms with Crippen LogP contribution in [0.5, 0.6) is 0 Å². The maximum Gasteiger partial charge on any atom is 0.223 e. The highest BCUT2D eigenvalue weighted by molar-refractivity contribution is 7.80. The fourth-order valence-corrected chi connectivity index (χ4v) is 1.09. The van der Waals surface area contributed by atoms with Gasteiger partial charge >= 0.3 is 0 Å². The monoisotopic (exact) mass is 225 g/mol. The fourth-order valence-electron chi connectivity index (χ4n) is 0.972. The van der Waals surface area contributed by atoms with Crippen molar-refractivity contribution >= 4 is 23.2 Å². The van der Waals surface area contributed by atoms with Gasteiger partial charge < -0.3 is 16.0 Å². The molecule has 1 aromatic rings. The molecule has 0 aliphatic heterocycles. The van der Waals surface area contributed by atoms with Crippen molar-refractivity contribution in [2.24, 2.45) is 5.73 Å². The Kier molecular flexibility index (Phi) is 4.38. The van der Waals surface area contributed by atoms with Gasteiger partial charge in [-0.05, 0) is 20.2 Å². The van der Waals surface area contributed by atoms with Gasteiger partial charge in [-0.15, -0.1) is 0 Å². The van der Waals surface area contributed by atoms with Crippen molar-refractivity contribution in [3.8, 4) is 0 Å². The maximum atomic E-state index is 5.46. The lowest BCUT2D eigenvalue weighted by molar-refractivity contribution is 0.425. The quantitative estimate of drug-likeness (QED) is 0.692. The first-order valence-electron chi connectivity index (χ1n) is 4.61. The van der Waals surface area contributed by atoms with Gasteiger partial charge in [0.05, 0.1) is 0 Å². The zero-order chi connectivity index (χ0) is 11.3. The zero-order valence-corrected chi connectivity index (χ0v) is 9.71. The van der Waals surface area contributed by atoms with E-state index in [4.69, 9.17) is 18.0 Å². The molecule has 1 heterocycles. The molecule has 0 radical (unpaired) electrons. The van der Waals surface area contributed by atoms with E-state index in [2.05, 4.69) is 20.2 Å². The molecular weight excluding hydrogens is 210 g/mol. The molecule has 15 heavy (non-hydrogen) atoms. The van der Waals surface area contributed by atoms with Crippen molar-refractivity contribution in [2.75, 3.05) is 32.5 Å². The minimum atomic E-state index is 0.285. The van der Waals surface area contributed by atoms with Crippen LogP contribution in [0.3, 0.4) is 0 Å². The number of hydrogen-bond donors (Lipinski definition) is 2. The molecule has 0 fully saturated rings. The number of hydrogen-bond acceptors (Lipinski definition) is 5. The second-order valence-electron chi connectivity index (χ2n) is 3.36. The lowest BCUT2D eigenvalue weighted by Gasteiger charge is -2.10. The summed E-state index contributed by atoms with van der Waals surface area (Å²) in [5.41, 5.74) is 6.05. The van der Waals surface area contributed by atoms with Crippen LogP contribution in [0.25, 0.3) is 0 Å². The fraction of sp³-hybridized carbons (Fsp3) is 0.444. The average molecular weight is 225 g/mol. The van der Waals surface area contributed by atoms with Crippen LogP contribution in [-0.2, 0) is 0 Å². The highest BCUT2D eigenvalue weighted by atomic mass is 32.1. The molecule has 0 aliphatic rings. The summed E-state index contributed by atoms with van der Waals surface area (Å²) in [7, 11) is 4.02. The molecule has 0 saturated heterocycles.